The molecule has 0 saturated carbocycles. The zero-order chi connectivity index (χ0) is 24.3. The topological polar surface area (TPSA) is 109 Å². The van der Waals surface area contributed by atoms with Gasteiger partial charge in [-0.15, -0.1) is 11.3 Å². The summed E-state index contributed by atoms with van der Waals surface area (Å²) in [5.41, 5.74) is 2.46. The van der Waals surface area contributed by atoms with Gasteiger partial charge in [-0.2, -0.15) is 0 Å². The van der Waals surface area contributed by atoms with Gasteiger partial charge in [-0.1, -0.05) is 35.3 Å². The number of methoxy groups -OCH3 is 1. The number of carboxylic acid groups (broad SMARTS) is 1. The van der Waals surface area contributed by atoms with E-state index in [1.165, 1.54) is 43.6 Å². The highest BCUT2D eigenvalue weighted by Gasteiger charge is 2.18. The first-order chi connectivity index (χ1) is 15.6. The average molecular weight is 507 g/mol. The number of carboxylic acids is 1. The van der Waals surface area contributed by atoms with E-state index in [0.717, 1.165) is 0 Å². The van der Waals surface area contributed by atoms with Crippen LogP contribution in [0.2, 0.25) is 10.0 Å². The maximum absolute atomic E-state index is 12.7. The summed E-state index contributed by atoms with van der Waals surface area (Å²) in [5.74, 6) is -1.07. The third-order valence-corrected chi connectivity index (χ3v) is 6.12. The summed E-state index contributed by atoms with van der Waals surface area (Å²) in [6.45, 7) is 3.07. The highest BCUT2D eigenvalue weighted by molar-refractivity contribution is 7.14. The van der Waals surface area contributed by atoms with Gasteiger partial charge in [0.1, 0.15) is 5.75 Å². The van der Waals surface area contributed by atoms with Crippen LogP contribution in [0, 0.1) is 0 Å². The SMILES string of the molecule is COc1c(-c2csc(NC(=O)c3cc(Cl)c(/C=C(\C)C(=O)O)c(Cl)c3)n2)cccc1[C@H](C)O. The number of aliphatic hydroxyl groups excluding tert-OH is 1. The van der Waals surface area contributed by atoms with Gasteiger partial charge < -0.3 is 14.9 Å². The van der Waals surface area contributed by atoms with Crippen molar-refractivity contribution in [1.82, 2.24) is 4.98 Å². The number of hydrogen-bond donors (Lipinski definition) is 3. The van der Waals surface area contributed by atoms with E-state index in [2.05, 4.69) is 10.3 Å². The molecule has 1 aromatic heterocycles. The molecule has 2 aromatic carbocycles. The van der Waals surface area contributed by atoms with Gasteiger partial charge in [0, 0.05) is 33.2 Å². The number of nitrogens with one attached hydrogen (secondary N) is 1. The van der Waals surface area contributed by atoms with E-state index in [1.807, 2.05) is 6.07 Å². The molecule has 0 bridgehead atoms. The number of rotatable bonds is 7. The monoisotopic (exact) mass is 506 g/mol. The van der Waals surface area contributed by atoms with Gasteiger partial charge in [0.05, 0.1) is 29.0 Å². The van der Waals surface area contributed by atoms with Crippen molar-refractivity contribution in [1.29, 1.82) is 0 Å². The van der Waals surface area contributed by atoms with Gasteiger partial charge in [-0.05, 0) is 38.1 Å². The number of aliphatic carboxylic acids is 1. The summed E-state index contributed by atoms with van der Waals surface area (Å²) in [7, 11) is 1.52. The van der Waals surface area contributed by atoms with Crippen molar-refractivity contribution >= 4 is 57.6 Å². The minimum atomic E-state index is -1.10. The fourth-order valence-corrected chi connectivity index (χ4v) is 4.37. The Kier molecular flexibility index (Phi) is 7.76. The summed E-state index contributed by atoms with van der Waals surface area (Å²) in [5, 5.41) is 24.1. The number of amides is 1. The molecule has 33 heavy (non-hydrogen) atoms. The first kappa shape index (κ1) is 24.7. The summed E-state index contributed by atoms with van der Waals surface area (Å²) in [4.78, 5) is 28.3. The quantitative estimate of drug-likeness (QED) is 0.343. The summed E-state index contributed by atoms with van der Waals surface area (Å²) in [6, 6.07) is 8.20. The zero-order valence-corrected chi connectivity index (χ0v) is 20.2. The minimum Gasteiger partial charge on any atom is -0.496 e. The molecule has 0 saturated heterocycles. The van der Waals surface area contributed by atoms with E-state index < -0.39 is 18.0 Å². The predicted octanol–water partition coefficient (Wildman–Crippen LogP) is 5.92. The van der Waals surface area contributed by atoms with Crippen LogP contribution in [-0.2, 0) is 4.79 Å². The Labute approximate surface area is 204 Å². The second-order valence-electron chi connectivity index (χ2n) is 7.08. The Balaban J connectivity index is 1.86. The first-order valence-electron chi connectivity index (χ1n) is 9.65. The molecule has 3 rings (SSSR count). The van der Waals surface area contributed by atoms with Crippen molar-refractivity contribution in [3.63, 3.8) is 0 Å². The lowest BCUT2D eigenvalue weighted by atomic mass is 10.0. The molecule has 0 spiro atoms. The molecule has 0 radical (unpaired) electrons. The number of nitrogens with zero attached hydrogens (tertiary/aromatic N) is 1. The average Bonchev–Trinajstić information content (AvgIpc) is 3.23. The lowest BCUT2D eigenvalue weighted by molar-refractivity contribution is -0.132. The van der Waals surface area contributed by atoms with Crippen LogP contribution < -0.4 is 10.1 Å². The summed E-state index contributed by atoms with van der Waals surface area (Å²) < 4.78 is 5.48. The van der Waals surface area contributed by atoms with Crippen LogP contribution in [0.15, 0.2) is 41.3 Å². The Hall–Kier alpha value is -2.91. The van der Waals surface area contributed by atoms with E-state index in [-0.39, 0.29) is 21.2 Å². The molecule has 10 heteroatoms. The van der Waals surface area contributed by atoms with Gasteiger partial charge >= 0.3 is 5.97 Å². The second-order valence-corrected chi connectivity index (χ2v) is 8.75. The fourth-order valence-electron chi connectivity index (χ4n) is 3.07. The number of aromatic nitrogens is 1. The van der Waals surface area contributed by atoms with E-state index in [9.17, 15) is 14.7 Å². The van der Waals surface area contributed by atoms with Crippen molar-refractivity contribution in [2.24, 2.45) is 0 Å². The molecule has 0 aliphatic heterocycles. The molecule has 1 heterocycles. The molecule has 0 aliphatic carbocycles. The van der Waals surface area contributed by atoms with Crippen molar-refractivity contribution < 1.29 is 24.5 Å². The van der Waals surface area contributed by atoms with Gasteiger partial charge in [-0.25, -0.2) is 9.78 Å². The molecule has 172 valence electrons. The molecule has 1 amide bonds. The van der Waals surface area contributed by atoms with E-state index in [4.69, 9.17) is 33.0 Å². The molecule has 0 fully saturated rings. The van der Waals surface area contributed by atoms with Crippen molar-refractivity contribution in [2.75, 3.05) is 12.4 Å². The lowest BCUT2D eigenvalue weighted by Gasteiger charge is -2.14. The lowest BCUT2D eigenvalue weighted by Crippen LogP contribution is -2.12. The van der Waals surface area contributed by atoms with E-state index in [1.54, 1.807) is 24.4 Å². The number of ether oxygens (including phenoxy) is 1. The molecule has 1 atom stereocenters. The predicted molar refractivity (Wildman–Crippen MR) is 130 cm³/mol. The molecule has 0 aliphatic rings. The number of carbonyl (C=O) groups excluding carboxylic acids is 1. The zero-order valence-electron chi connectivity index (χ0n) is 17.8. The van der Waals surface area contributed by atoms with E-state index in [0.29, 0.717) is 33.3 Å². The number of para-hydroxylation sites is 1. The summed E-state index contributed by atoms with van der Waals surface area (Å²) in [6.07, 6.45) is 0.626. The van der Waals surface area contributed by atoms with E-state index >= 15 is 0 Å². The second kappa shape index (κ2) is 10.4. The Morgan fingerprint density at radius 2 is 1.91 bits per heavy atom. The van der Waals surface area contributed by atoms with Crippen LogP contribution in [0.3, 0.4) is 0 Å². The van der Waals surface area contributed by atoms with Crippen molar-refractivity contribution in [3.8, 4) is 17.0 Å². The number of aliphatic hydroxyl groups is 1. The fraction of sp³-hybridized carbons (Fsp3) is 0.174. The third-order valence-electron chi connectivity index (χ3n) is 4.74. The highest BCUT2D eigenvalue weighted by atomic mass is 35.5. The molecule has 7 nitrogen and oxygen atoms in total. The largest absolute Gasteiger partial charge is 0.496 e. The number of thiazole rings is 1. The van der Waals surface area contributed by atoms with Gasteiger partial charge in [0.25, 0.3) is 5.91 Å². The molecule has 0 unspecified atom stereocenters. The van der Waals surface area contributed by atoms with Crippen LogP contribution in [0.25, 0.3) is 17.3 Å². The minimum absolute atomic E-state index is 0.0569. The van der Waals surface area contributed by atoms with Crippen LogP contribution in [0.4, 0.5) is 5.13 Å². The smallest absolute Gasteiger partial charge is 0.331 e. The molecular formula is C23H20Cl2N2O5S. The standard InChI is InChI=1S/C23H20Cl2N2O5S/c1-11(22(30)31)7-16-17(24)8-13(9-18(16)25)21(29)27-23-26-19(10-33-23)15-6-4-5-14(12(2)28)20(15)32-3/h4-10,12,28H,1-3H3,(H,30,31)(H,26,27,29)/b11-7+/t12-/m0/s1. The molecular weight excluding hydrogens is 487 g/mol. The summed E-state index contributed by atoms with van der Waals surface area (Å²) >= 11 is 13.7. The van der Waals surface area contributed by atoms with Gasteiger partial charge in [-0.3, -0.25) is 10.1 Å². The van der Waals surface area contributed by atoms with Gasteiger partial charge in [0.2, 0.25) is 0 Å². The van der Waals surface area contributed by atoms with Crippen LogP contribution in [0.5, 0.6) is 5.75 Å². The molecule has 3 N–H and O–H groups in total. The Morgan fingerprint density at radius 3 is 2.48 bits per heavy atom. The Bertz CT molecular complexity index is 1230. The maximum Gasteiger partial charge on any atom is 0.331 e. The van der Waals surface area contributed by atoms with Gasteiger partial charge in [0.15, 0.2) is 5.13 Å². The maximum atomic E-state index is 12.7. The highest BCUT2D eigenvalue weighted by Crippen LogP contribution is 2.37. The first-order valence-corrected chi connectivity index (χ1v) is 11.3. The molecule has 3 aromatic rings. The number of hydrogen-bond acceptors (Lipinski definition) is 6. The Morgan fingerprint density at radius 1 is 1.24 bits per heavy atom. The number of carbonyl (C=O) groups is 2. The normalized spacial score (nSPS) is 12.4. The van der Waals surface area contributed by atoms with Crippen molar-refractivity contribution in [2.45, 2.75) is 20.0 Å². The third kappa shape index (κ3) is 5.54. The van der Waals surface area contributed by atoms with Crippen molar-refractivity contribution in [3.05, 3.63) is 68.0 Å². The number of halogens is 2. The number of anilines is 1. The number of benzene rings is 2. The van der Waals surface area contributed by atoms with Crippen LogP contribution >= 0.6 is 34.5 Å². The van der Waals surface area contributed by atoms with Crippen LogP contribution in [0.1, 0.15) is 41.4 Å². The van der Waals surface area contributed by atoms with Crippen LogP contribution in [-0.4, -0.2) is 34.2 Å².